The maximum absolute atomic E-state index is 11.9. The molecule has 3 atom stereocenters. The molecule has 0 aromatic carbocycles. The number of thioether (sulfide) groups is 2. The van der Waals surface area contributed by atoms with E-state index < -0.39 is 0 Å². The predicted octanol–water partition coefficient (Wildman–Crippen LogP) is 2.30. The monoisotopic (exact) mass is 230 g/mol. The Kier molecular flexibility index (Phi) is 2.84. The van der Waals surface area contributed by atoms with Crippen LogP contribution in [0.3, 0.4) is 0 Å². The lowest BCUT2D eigenvalue weighted by Crippen LogP contribution is -2.37. The van der Waals surface area contributed by atoms with Crippen molar-refractivity contribution in [2.45, 2.75) is 22.7 Å². The Labute approximate surface area is 92.8 Å². The first kappa shape index (κ1) is 10.4. The van der Waals surface area contributed by atoms with Gasteiger partial charge in [-0.15, -0.1) is 23.5 Å². The molecule has 0 spiro atoms. The van der Waals surface area contributed by atoms with E-state index in [0.717, 1.165) is 6.42 Å². The summed E-state index contributed by atoms with van der Waals surface area (Å²) in [6.45, 7) is 2.34. The molecule has 1 saturated heterocycles. The third-order valence-electron chi connectivity index (χ3n) is 2.72. The van der Waals surface area contributed by atoms with E-state index in [2.05, 4.69) is 12.2 Å². The normalized spacial score (nSPS) is 39.0. The summed E-state index contributed by atoms with van der Waals surface area (Å²) in [4.78, 5) is 11.9. The van der Waals surface area contributed by atoms with Crippen molar-refractivity contribution in [2.24, 2.45) is 5.92 Å². The minimum absolute atomic E-state index is 0.0469. The minimum atomic E-state index is -0.352. The molecule has 14 heavy (non-hydrogen) atoms. The molecule has 1 fully saturated rings. The maximum Gasteiger partial charge on any atom is 0.333 e. The molecule has 1 aliphatic carbocycles. The van der Waals surface area contributed by atoms with Gasteiger partial charge in [0.25, 0.3) is 0 Å². The number of carbonyl (C=O) groups is 1. The summed E-state index contributed by atoms with van der Waals surface area (Å²) in [5.74, 6) is 0.320. The fourth-order valence-electron chi connectivity index (χ4n) is 2.06. The van der Waals surface area contributed by atoms with E-state index in [-0.39, 0.29) is 10.0 Å². The average Bonchev–Trinajstić information content (AvgIpc) is 2.77. The van der Waals surface area contributed by atoms with Crippen LogP contribution in [0, 0.1) is 5.92 Å². The molecule has 2 aliphatic rings. The van der Waals surface area contributed by atoms with Crippen LogP contribution in [0.5, 0.6) is 0 Å². The number of hydrogen-bond acceptors (Lipinski definition) is 4. The summed E-state index contributed by atoms with van der Waals surface area (Å²) < 4.78 is 4.81. The fourth-order valence-corrected chi connectivity index (χ4v) is 4.95. The molecule has 0 aromatic rings. The highest BCUT2D eigenvalue weighted by Gasteiger charge is 2.55. The van der Waals surface area contributed by atoms with Crippen LogP contribution >= 0.6 is 23.5 Å². The Hall–Kier alpha value is -0.0900. The van der Waals surface area contributed by atoms with Gasteiger partial charge in [0.05, 0.1) is 6.61 Å². The molecule has 0 saturated carbocycles. The van der Waals surface area contributed by atoms with Crippen molar-refractivity contribution in [1.29, 1.82) is 0 Å². The van der Waals surface area contributed by atoms with Gasteiger partial charge in [0, 0.05) is 11.2 Å². The largest absolute Gasteiger partial charge is 0.464 e. The molecule has 0 radical (unpaired) electrons. The predicted molar refractivity (Wildman–Crippen MR) is 61.5 cm³/mol. The van der Waals surface area contributed by atoms with E-state index in [1.54, 1.807) is 23.5 Å². The van der Waals surface area contributed by atoms with Crippen LogP contribution in [0.1, 0.15) is 13.3 Å². The fraction of sp³-hybridized carbons (Fsp3) is 0.700. The van der Waals surface area contributed by atoms with Gasteiger partial charge in [-0.25, -0.2) is 4.79 Å². The van der Waals surface area contributed by atoms with Crippen LogP contribution in [-0.4, -0.2) is 28.2 Å². The maximum atomic E-state index is 11.9. The van der Waals surface area contributed by atoms with Crippen LogP contribution in [0.2, 0.25) is 0 Å². The number of fused-ring (bicyclic) bond motifs is 2. The summed E-state index contributed by atoms with van der Waals surface area (Å²) in [5, 5.41) is 0.525. The molecule has 0 amide bonds. The first-order valence-electron chi connectivity index (χ1n) is 4.81. The number of allylic oxidation sites excluding steroid dienone is 1. The molecule has 2 bridgehead atoms. The lowest BCUT2D eigenvalue weighted by atomic mass is 10.0. The summed E-state index contributed by atoms with van der Waals surface area (Å²) >= 11 is 3.39. The van der Waals surface area contributed by atoms with Crippen LogP contribution in [0.4, 0.5) is 0 Å². The Morgan fingerprint density at radius 1 is 1.71 bits per heavy atom. The quantitative estimate of drug-likeness (QED) is 0.549. The average molecular weight is 230 g/mol. The highest BCUT2D eigenvalue weighted by atomic mass is 32.2. The third-order valence-corrected chi connectivity index (χ3v) is 6.06. The van der Waals surface area contributed by atoms with Crippen molar-refractivity contribution >= 4 is 29.5 Å². The van der Waals surface area contributed by atoms with Crippen LogP contribution in [-0.2, 0) is 9.53 Å². The molecule has 1 aliphatic heterocycles. The van der Waals surface area contributed by atoms with Gasteiger partial charge in [0.15, 0.2) is 4.08 Å². The van der Waals surface area contributed by atoms with Crippen molar-refractivity contribution in [2.75, 3.05) is 12.9 Å². The van der Waals surface area contributed by atoms with E-state index in [9.17, 15) is 4.79 Å². The number of esters is 1. The number of ether oxygens (including phenoxy) is 1. The highest BCUT2D eigenvalue weighted by molar-refractivity contribution is 8.19. The zero-order chi connectivity index (χ0) is 10.2. The second-order valence-corrected chi connectivity index (χ2v) is 6.27. The molecular weight excluding hydrogens is 216 g/mol. The van der Waals surface area contributed by atoms with Crippen molar-refractivity contribution < 1.29 is 9.53 Å². The molecule has 0 unspecified atom stereocenters. The summed E-state index contributed by atoms with van der Waals surface area (Å²) in [5.41, 5.74) is 0. The van der Waals surface area contributed by atoms with Crippen molar-refractivity contribution in [3.8, 4) is 0 Å². The summed E-state index contributed by atoms with van der Waals surface area (Å²) in [6, 6.07) is 0. The van der Waals surface area contributed by atoms with Crippen molar-refractivity contribution in [1.82, 2.24) is 0 Å². The molecular formula is C10H14O2S2. The van der Waals surface area contributed by atoms with E-state index in [1.165, 1.54) is 0 Å². The second kappa shape index (κ2) is 3.81. The van der Waals surface area contributed by atoms with Gasteiger partial charge >= 0.3 is 5.97 Å². The van der Waals surface area contributed by atoms with Crippen molar-refractivity contribution in [3.63, 3.8) is 0 Å². The minimum Gasteiger partial charge on any atom is -0.464 e. The Morgan fingerprint density at radius 2 is 2.50 bits per heavy atom. The van der Waals surface area contributed by atoms with Gasteiger partial charge in [-0.05, 0) is 19.6 Å². The summed E-state index contributed by atoms with van der Waals surface area (Å²) in [6.07, 6.45) is 7.49. The second-order valence-electron chi connectivity index (χ2n) is 3.48. The Bertz CT molecular complexity index is 277. The number of rotatable bonds is 3. The Morgan fingerprint density at radius 3 is 2.93 bits per heavy atom. The van der Waals surface area contributed by atoms with Gasteiger partial charge in [-0.2, -0.15) is 0 Å². The van der Waals surface area contributed by atoms with E-state index in [1.807, 2.05) is 13.2 Å². The Balaban J connectivity index is 2.19. The molecule has 2 nitrogen and oxygen atoms in total. The van der Waals surface area contributed by atoms with Gasteiger partial charge < -0.3 is 4.74 Å². The molecule has 0 N–H and O–H groups in total. The van der Waals surface area contributed by atoms with E-state index >= 15 is 0 Å². The molecule has 2 rings (SSSR count). The number of carbonyl (C=O) groups excluding carboxylic acids is 1. The van der Waals surface area contributed by atoms with Gasteiger partial charge in [0.1, 0.15) is 0 Å². The molecule has 1 heterocycles. The first-order valence-corrected chi connectivity index (χ1v) is 6.92. The molecule has 78 valence electrons. The lowest BCUT2D eigenvalue weighted by Gasteiger charge is -2.30. The van der Waals surface area contributed by atoms with Crippen LogP contribution < -0.4 is 0 Å². The third kappa shape index (κ3) is 1.39. The van der Waals surface area contributed by atoms with Crippen LogP contribution in [0.15, 0.2) is 12.2 Å². The standard InChI is InChI=1S/C10H14O2S2/c1-3-12-9(11)10(13-2)7-4-5-8(6-7)14-10/h4-5,7-8H,3,6H2,1-2H3/t7-,8+,10+/m1/s1. The highest BCUT2D eigenvalue weighted by Crippen LogP contribution is 2.58. The SMILES string of the molecule is CCOC(=O)[C@@]1(SC)S[C@H]2C=C[C@@H]1C2. The zero-order valence-corrected chi connectivity index (χ0v) is 9.99. The van der Waals surface area contributed by atoms with Gasteiger partial charge in [-0.1, -0.05) is 12.2 Å². The van der Waals surface area contributed by atoms with Crippen molar-refractivity contribution in [3.05, 3.63) is 12.2 Å². The lowest BCUT2D eigenvalue weighted by molar-refractivity contribution is -0.144. The molecule has 0 aromatic heterocycles. The van der Waals surface area contributed by atoms with Gasteiger partial charge in [-0.3, -0.25) is 0 Å². The van der Waals surface area contributed by atoms with Crippen LogP contribution in [0.25, 0.3) is 0 Å². The smallest absolute Gasteiger partial charge is 0.333 e. The number of hydrogen-bond donors (Lipinski definition) is 0. The van der Waals surface area contributed by atoms with E-state index in [4.69, 9.17) is 4.74 Å². The zero-order valence-electron chi connectivity index (χ0n) is 8.36. The topological polar surface area (TPSA) is 26.3 Å². The van der Waals surface area contributed by atoms with Gasteiger partial charge in [0.2, 0.25) is 0 Å². The summed E-state index contributed by atoms with van der Waals surface area (Å²) in [7, 11) is 0. The molecule has 4 heteroatoms. The first-order chi connectivity index (χ1) is 6.73. The van der Waals surface area contributed by atoms with E-state index in [0.29, 0.717) is 17.8 Å².